The first-order valence-corrected chi connectivity index (χ1v) is 10.1. The van der Waals surface area contributed by atoms with E-state index in [1.165, 1.54) is 31.2 Å². The quantitative estimate of drug-likeness (QED) is 0.887. The number of aromatic nitrogens is 2. The number of aromatic hydroxyl groups is 1. The number of benzene rings is 1. The number of phenols is 1. The summed E-state index contributed by atoms with van der Waals surface area (Å²) in [6.45, 7) is 3.16. The monoisotopic (exact) mass is 354 g/mol. The highest BCUT2D eigenvalue weighted by molar-refractivity contribution is 5.41. The number of nitrogens with zero attached hydrogens (tertiary/aromatic N) is 2. The van der Waals surface area contributed by atoms with Gasteiger partial charge in [0, 0.05) is 25.4 Å². The summed E-state index contributed by atoms with van der Waals surface area (Å²) in [6, 6.07) is 5.96. The summed E-state index contributed by atoms with van der Waals surface area (Å²) < 4.78 is 8.83. The lowest BCUT2D eigenvalue weighted by atomic mass is 9.76. The molecule has 140 valence electrons. The van der Waals surface area contributed by atoms with E-state index >= 15 is 0 Å². The highest BCUT2D eigenvalue weighted by Crippen LogP contribution is 2.39. The van der Waals surface area contributed by atoms with E-state index in [0.29, 0.717) is 11.7 Å². The Balaban J connectivity index is 1.56. The maximum Gasteiger partial charge on any atom is 0.119 e. The van der Waals surface area contributed by atoms with Crippen molar-refractivity contribution in [2.24, 2.45) is 11.8 Å². The van der Waals surface area contributed by atoms with Gasteiger partial charge in [0.1, 0.15) is 5.75 Å². The summed E-state index contributed by atoms with van der Waals surface area (Å²) >= 11 is 0. The number of fused-ring (bicyclic) bond motifs is 2. The van der Waals surface area contributed by atoms with Crippen LogP contribution < -0.4 is 0 Å². The summed E-state index contributed by atoms with van der Waals surface area (Å²) in [4.78, 5) is 4.18. The molecule has 1 fully saturated rings. The van der Waals surface area contributed by atoms with Gasteiger partial charge in [0.25, 0.3) is 0 Å². The van der Waals surface area contributed by atoms with Gasteiger partial charge < -0.3 is 14.4 Å². The fourth-order valence-corrected chi connectivity index (χ4v) is 4.94. The van der Waals surface area contributed by atoms with Gasteiger partial charge in [-0.25, -0.2) is 4.98 Å². The van der Waals surface area contributed by atoms with E-state index in [1.807, 2.05) is 30.9 Å². The van der Waals surface area contributed by atoms with Gasteiger partial charge in [-0.2, -0.15) is 0 Å². The Hall–Kier alpha value is -1.81. The molecule has 4 rings (SSSR count). The molecule has 0 spiro atoms. The van der Waals surface area contributed by atoms with Gasteiger partial charge in [-0.1, -0.05) is 31.9 Å². The van der Waals surface area contributed by atoms with Crippen molar-refractivity contribution in [3.05, 3.63) is 48.0 Å². The normalized spacial score (nSPS) is 28.7. The molecule has 4 nitrogen and oxygen atoms in total. The van der Waals surface area contributed by atoms with E-state index < -0.39 is 0 Å². The molecular weight excluding hydrogens is 324 g/mol. The average Bonchev–Trinajstić information content (AvgIpc) is 3.12. The second-order valence-corrected chi connectivity index (χ2v) is 8.11. The van der Waals surface area contributed by atoms with Crippen molar-refractivity contribution in [3.63, 3.8) is 0 Å². The van der Waals surface area contributed by atoms with Gasteiger partial charge in [0.15, 0.2) is 0 Å². The molecule has 0 amide bonds. The lowest BCUT2D eigenvalue weighted by Gasteiger charge is -2.39. The van der Waals surface area contributed by atoms with Crippen molar-refractivity contribution >= 4 is 0 Å². The largest absolute Gasteiger partial charge is 0.508 e. The van der Waals surface area contributed by atoms with E-state index in [-0.39, 0.29) is 12.2 Å². The van der Waals surface area contributed by atoms with Crippen LogP contribution in [0.15, 0.2) is 36.9 Å². The molecule has 4 atom stereocenters. The third-order valence-electron chi connectivity index (χ3n) is 6.24. The summed E-state index contributed by atoms with van der Waals surface area (Å²) in [7, 11) is 0. The van der Waals surface area contributed by atoms with Crippen molar-refractivity contribution < 1.29 is 9.84 Å². The summed E-state index contributed by atoms with van der Waals surface area (Å²) in [5.41, 5.74) is 2.41. The Morgan fingerprint density at radius 2 is 2.19 bits per heavy atom. The molecular formula is C22H30N2O2. The van der Waals surface area contributed by atoms with Crippen molar-refractivity contribution in [1.82, 2.24) is 9.55 Å². The van der Waals surface area contributed by atoms with Gasteiger partial charge in [-0.05, 0) is 54.7 Å². The van der Waals surface area contributed by atoms with Crippen LogP contribution in [0.1, 0.15) is 50.2 Å². The molecule has 2 aliphatic rings. The van der Waals surface area contributed by atoms with Crippen molar-refractivity contribution in [3.8, 4) is 5.75 Å². The Bertz CT molecular complexity index is 713. The molecule has 0 bridgehead atoms. The number of imidazole rings is 1. The maximum atomic E-state index is 10.3. The molecule has 26 heavy (non-hydrogen) atoms. The second kappa shape index (κ2) is 7.83. The number of hydrogen-bond acceptors (Lipinski definition) is 3. The third kappa shape index (κ3) is 3.80. The molecule has 2 aromatic rings. The average molecular weight is 354 g/mol. The van der Waals surface area contributed by atoms with Gasteiger partial charge >= 0.3 is 0 Å². The van der Waals surface area contributed by atoms with Crippen LogP contribution in [0.5, 0.6) is 5.75 Å². The minimum absolute atomic E-state index is 0.215. The molecule has 1 saturated heterocycles. The molecule has 0 saturated carbocycles. The fourth-order valence-electron chi connectivity index (χ4n) is 4.94. The third-order valence-corrected chi connectivity index (χ3v) is 6.24. The van der Waals surface area contributed by atoms with Gasteiger partial charge in [-0.15, -0.1) is 0 Å². The predicted molar refractivity (Wildman–Crippen MR) is 102 cm³/mol. The van der Waals surface area contributed by atoms with Gasteiger partial charge in [0.05, 0.1) is 18.5 Å². The number of ether oxygens (including phenoxy) is 1. The van der Waals surface area contributed by atoms with E-state index in [4.69, 9.17) is 4.74 Å². The molecule has 1 N–H and O–H groups in total. The standard InChI is InChI=1S/C22H30N2O2/c1-2-4-16-7-8-18-12-17-5-3-6-21(25)20(17)13-22(18)26-19(11-16)14-24-10-9-23-15-24/h3,5-6,9-10,15-16,18-19,22,25H,2,4,7-8,11-14H2,1H3/t16?,18-,19-,22-/m1/s1. The van der Waals surface area contributed by atoms with Crippen LogP contribution in [-0.2, 0) is 24.1 Å². The lowest BCUT2D eigenvalue weighted by molar-refractivity contribution is -0.0769. The van der Waals surface area contributed by atoms with Crippen LogP contribution in [0.25, 0.3) is 0 Å². The highest BCUT2D eigenvalue weighted by atomic mass is 16.5. The Morgan fingerprint density at radius 1 is 1.27 bits per heavy atom. The molecule has 4 heteroatoms. The van der Waals surface area contributed by atoms with E-state index in [2.05, 4.69) is 22.5 Å². The predicted octanol–water partition coefficient (Wildman–Crippen LogP) is 4.36. The van der Waals surface area contributed by atoms with E-state index in [0.717, 1.165) is 37.3 Å². The maximum absolute atomic E-state index is 10.3. The molecule has 1 aliphatic carbocycles. The molecule has 1 aromatic heterocycles. The molecule has 1 aromatic carbocycles. The summed E-state index contributed by atoms with van der Waals surface area (Å²) in [6.07, 6.45) is 14.3. The zero-order valence-electron chi connectivity index (χ0n) is 15.7. The van der Waals surface area contributed by atoms with Crippen LogP contribution in [0.2, 0.25) is 0 Å². The SMILES string of the molecule is CCCC1CC[C@@H]2Cc3cccc(O)c3C[C@H]2O[C@@H](Cn2ccnc2)C1. The zero-order valence-corrected chi connectivity index (χ0v) is 15.7. The minimum Gasteiger partial charge on any atom is -0.508 e. The molecule has 0 radical (unpaired) electrons. The summed E-state index contributed by atoms with van der Waals surface area (Å²) in [5.74, 6) is 1.75. The molecule has 1 unspecified atom stereocenters. The van der Waals surface area contributed by atoms with Crippen LogP contribution >= 0.6 is 0 Å². The Morgan fingerprint density at radius 3 is 3.00 bits per heavy atom. The first-order valence-electron chi connectivity index (χ1n) is 10.1. The van der Waals surface area contributed by atoms with Crippen LogP contribution in [-0.4, -0.2) is 26.9 Å². The number of rotatable bonds is 4. The van der Waals surface area contributed by atoms with Crippen LogP contribution in [0.3, 0.4) is 0 Å². The minimum atomic E-state index is 0.215. The lowest BCUT2D eigenvalue weighted by Crippen LogP contribution is -2.40. The highest BCUT2D eigenvalue weighted by Gasteiger charge is 2.35. The van der Waals surface area contributed by atoms with E-state index in [1.54, 1.807) is 0 Å². The second-order valence-electron chi connectivity index (χ2n) is 8.11. The Kier molecular flexibility index (Phi) is 5.30. The number of phenolic OH excluding ortho intramolecular Hbond substituents is 1. The van der Waals surface area contributed by atoms with Crippen molar-refractivity contribution in [2.45, 2.75) is 70.6 Å². The van der Waals surface area contributed by atoms with E-state index in [9.17, 15) is 5.11 Å². The first-order chi connectivity index (χ1) is 12.7. The topological polar surface area (TPSA) is 47.3 Å². The summed E-state index contributed by atoms with van der Waals surface area (Å²) in [5, 5.41) is 10.3. The van der Waals surface area contributed by atoms with Crippen molar-refractivity contribution in [1.29, 1.82) is 0 Å². The molecule has 1 aliphatic heterocycles. The van der Waals surface area contributed by atoms with Crippen LogP contribution in [0.4, 0.5) is 0 Å². The van der Waals surface area contributed by atoms with Crippen molar-refractivity contribution in [2.75, 3.05) is 0 Å². The molecule has 2 heterocycles. The van der Waals surface area contributed by atoms with Gasteiger partial charge in [0.2, 0.25) is 0 Å². The first kappa shape index (κ1) is 17.6. The van der Waals surface area contributed by atoms with Gasteiger partial charge in [-0.3, -0.25) is 0 Å². The smallest absolute Gasteiger partial charge is 0.119 e. The Labute approximate surface area is 156 Å². The zero-order chi connectivity index (χ0) is 17.9. The van der Waals surface area contributed by atoms with Crippen LogP contribution in [0, 0.1) is 11.8 Å². The fraction of sp³-hybridized carbons (Fsp3) is 0.591. The number of hydrogen-bond donors (Lipinski definition) is 1.